The highest BCUT2D eigenvalue weighted by molar-refractivity contribution is 5.92. The van der Waals surface area contributed by atoms with Gasteiger partial charge in [-0.3, -0.25) is 14.0 Å². The largest absolute Gasteiger partial charge is 0.431 e. The molecule has 8 heteroatoms. The van der Waals surface area contributed by atoms with E-state index in [4.69, 9.17) is 0 Å². The van der Waals surface area contributed by atoms with Crippen LogP contribution in [0, 0.1) is 0 Å². The molecule has 0 aliphatic carbocycles. The van der Waals surface area contributed by atoms with E-state index in [0.717, 1.165) is 21.7 Å². The molecule has 2 aromatic rings. The van der Waals surface area contributed by atoms with Crippen molar-refractivity contribution in [3.8, 4) is 0 Å². The molecule has 1 amide bonds. The molecule has 102 valence electrons. The van der Waals surface area contributed by atoms with Crippen LogP contribution in [0.2, 0.25) is 0 Å². The summed E-state index contributed by atoms with van der Waals surface area (Å²) < 4.78 is 39.5. The maximum atomic E-state index is 12.9. The van der Waals surface area contributed by atoms with Gasteiger partial charge in [-0.05, 0) is 12.1 Å². The van der Waals surface area contributed by atoms with Gasteiger partial charge in [0.2, 0.25) is 0 Å². The number of fused-ring (bicyclic) bond motifs is 1. The highest BCUT2D eigenvalue weighted by atomic mass is 19.4. The summed E-state index contributed by atoms with van der Waals surface area (Å²) in [7, 11) is 2.55. The molecule has 0 aromatic carbocycles. The predicted molar refractivity (Wildman–Crippen MR) is 59.3 cm³/mol. The van der Waals surface area contributed by atoms with Crippen LogP contribution in [0.1, 0.15) is 16.2 Å². The van der Waals surface area contributed by atoms with E-state index in [1.807, 2.05) is 0 Å². The van der Waals surface area contributed by atoms with Gasteiger partial charge in [0, 0.05) is 7.05 Å². The van der Waals surface area contributed by atoms with Gasteiger partial charge in [-0.2, -0.15) is 13.2 Å². The first-order valence-corrected chi connectivity index (χ1v) is 5.22. The van der Waals surface area contributed by atoms with E-state index in [2.05, 4.69) is 9.82 Å². The fourth-order valence-electron chi connectivity index (χ4n) is 1.65. The number of halogens is 3. The van der Waals surface area contributed by atoms with Gasteiger partial charge in [0.05, 0.1) is 13.3 Å². The second kappa shape index (κ2) is 4.54. The van der Waals surface area contributed by atoms with Gasteiger partial charge in [0.1, 0.15) is 17.0 Å². The number of hydrogen-bond acceptors (Lipinski definition) is 3. The first-order valence-electron chi connectivity index (χ1n) is 5.22. The topological polar surface area (TPSA) is 46.8 Å². The van der Waals surface area contributed by atoms with E-state index in [0.29, 0.717) is 0 Å². The quantitative estimate of drug-likeness (QED) is 0.786. The number of rotatable bonds is 2. The predicted octanol–water partition coefficient (Wildman–Crippen LogP) is 1.99. The van der Waals surface area contributed by atoms with Gasteiger partial charge >= 0.3 is 6.18 Å². The summed E-state index contributed by atoms with van der Waals surface area (Å²) in [4.78, 5) is 20.4. The standard InChI is InChI=1S/C11H10F3N3O2/c1-16(19-2)10(18)7-6-15-9-5-3-4-8(17(7)9)11(12,13)14/h3-6H,1-2H3. The smallest absolute Gasteiger partial charge is 0.284 e. The Hall–Kier alpha value is -2.09. The Bertz CT molecular complexity index is 621. The van der Waals surface area contributed by atoms with Crippen molar-refractivity contribution in [3.63, 3.8) is 0 Å². The number of carbonyl (C=O) groups excluding carboxylic acids is 1. The Balaban J connectivity index is 2.67. The van der Waals surface area contributed by atoms with Crippen LogP contribution in [0.3, 0.4) is 0 Å². The summed E-state index contributed by atoms with van der Waals surface area (Å²) in [5.41, 5.74) is -1.13. The molecule has 0 spiro atoms. The third kappa shape index (κ3) is 2.26. The van der Waals surface area contributed by atoms with E-state index in [1.165, 1.54) is 26.3 Å². The monoisotopic (exact) mass is 273 g/mol. The van der Waals surface area contributed by atoms with Crippen LogP contribution < -0.4 is 0 Å². The van der Waals surface area contributed by atoms with Crippen LogP contribution in [-0.4, -0.2) is 34.5 Å². The number of imidazole rings is 1. The van der Waals surface area contributed by atoms with Gasteiger partial charge in [0.25, 0.3) is 5.91 Å². The minimum Gasteiger partial charge on any atom is -0.284 e. The third-order valence-electron chi connectivity index (χ3n) is 2.60. The highest BCUT2D eigenvalue weighted by Crippen LogP contribution is 2.30. The SMILES string of the molecule is CON(C)C(=O)c1cnc2cccc(C(F)(F)F)n12. The average molecular weight is 273 g/mol. The molecule has 0 fully saturated rings. The molecule has 2 heterocycles. The fraction of sp³-hybridized carbons (Fsp3) is 0.273. The van der Waals surface area contributed by atoms with Crippen molar-refractivity contribution < 1.29 is 22.8 Å². The van der Waals surface area contributed by atoms with Crippen LogP contribution in [0.5, 0.6) is 0 Å². The van der Waals surface area contributed by atoms with Gasteiger partial charge < -0.3 is 0 Å². The summed E-state index contributed by atoms with van der Waals surface area (Å²) in [6.45, 7) is 0. The Morgan fingerprint density at radius 3 is 2.68 bits per heavy atom. The van der Waals surface area contributed by atoms with E-state index in [9.17, 15) is 18.0 Å². The summed E-state index contributed by atoms with van der Waals surface area (Å²) >= 11 is 0. The first-order chi connectivity index (χ1) is 8.86. The average Bonchev–Trinajstić information content (AvgIpc) is 2.79. The molecule has 0 N–H and O–H groups in total. The van der Waals surface area contributed by atoms with E-state index in [1.54, 1.807) is 0 Å². The Kier molecular flexibility index (Phi) is 3.19. The lowest BCUT2D eigenvalue weighted by molar-refractivity contribution is -0.142. The summed E-state index contributed by atoms with van der Waals surface area (Å²) in [6, 6.07) is 3.51. The van der Waals surface area contributed by atoms with Crippen molar-refractivity contribution in [2.75, 3.05) is 14.2 Å². The zero-order chi connectivity index (χ0) is 14.2. The molecule has 0 unspecified atom stereocenters. The van der Waals surface area contributed by atoms with Crippen molar-refractivity contribution >= 4 is 11.6 Å². The number of nitrogens with zero attached hydrogens (tertiary/aromatic N) is 3. The van der Waals surface area contributed by atoms with Gasteiger partial charge in [0.15, 0.2) is 0 Å². The highest BCUT2D eigenvalue weighted by Gasteiger charge is 2.35. The second-order valence-corrected chi connectivity index (χ2v) is 3.73. The van der Waals surface area contributed by atoms with Crippen LogP contribution >= 0.6 is 0 Å². The molecule has 0 saturated heterocycles. The molecule has 2 aromatic heterocycles. The van der Waals surface area contributed by atoms with Crippen molar-refractivity contribution in [1.29, 1.82) is 0 Å². The van der Waals surface area contributed by atoms with Crippen LogP contribution in [0.25, 0.3) is 5.65 Å². The molecule has 0 bridgehead atoms. The van der Waals surface area contributed by atoms with Crippen molar-refractivity contribution in [2.24, 2.45) is 0 Å². The molecule has 5 nitrogen and oxygen atoms in total. The maximum absolute atomic E-state index is 12.9. The molecule has 19 heavy (non-hydrogen) atoms. The van der Waals surface area contributed by atoms with E-state index >= 15 is 0 Å². The van der Waals surface area contributed by atoms with Crippen LogP contribution in [0.15, 0.2) is 24.4 Å². The van der Waals surface area contributed by atoms with E-state index < -0.39 is 17.8 Å². The minimum atomic E-state index is -4.58. The van der Waals surface area contributed by atoms with Gasteiger partial charge in [-0.1, -0.05) is 6.07 Å². The normalized spacial score (nSPS) is 11.8. The maximum Gasteiger partial charge on any atom is 0.431 e. The summed E-state index contributed by atoms with van der Waals surface area (Å²) in [6.07, 6.45) is -3.50. The zero-order valence-corrected chi connectivity index (χ0v) is 10.1. The molecule has 0 aliphatic rings. The lowest BCUT2D eigenvalue weighted by atomic mass is 10.3. The number of hydroxylamine groups is 2. The number of aromatic nitrogens is 2. The Morgan fingerprint density at radius 2 is 2.11 bits per heavy atom. The van der Waals surface area contributed by atoms with Crippen molar-refractivity contribution in [1.82, 2.24) is 14.4 Å². The molecule has 0 radical (unpaired) electrons. The fourth-order valence-corrected chi connectivity index (χ4v) is 1.65. The molecular weight excluding hydrogens is 263 g/mol. The number of hydrogen-bond donors (Lipinski definition) is 0. The van der Waals surface area contributed by atoms with E-state index in [-0.39, 0.29) is 11.3 Å². The first kappa shape index (κ1) is 13.3. The zero-order valence-electron chi connectivity index (χ0n) is 10.1. The summed E-state index contributed by atoms with van der Waals surface area (Å²) in [5.74, 6) is -0.716. The number of pyridine rings is 1. The van der Waals surface area contributed by atoms with Crippen molar-refractivity contribution in [3.05, 3.63) is 35.8 Å². The summed E-state index contributed by atoms with van der Waals surface area (Å²) in [5, 5.41) is 0.830. The van der Waals surface area contributed by atoms with Gasteiger partial charge in [-0.25, -0.2) is 10.0 Å². The number of carbonyl (C=O) groups is 1. The Labute approximate surface area is 106 Å². The Morgan fingerprint density at radius 1 is 1.42 bits per heavy atom. The minimum absolute atomic E-state index is 0.0441. The third-order valence-corrected chi connectivity index (χ3v) is 2.60. The lowest BCUT2D eigenvalue weighted by Gasteiger charge is -2.15. The lowest BCUT2D eigenvalue weighted by Crippen LogP contribution is -2.27. The molecule has 2 rings (SSSR count). The molecule has 0 saturated carbocycles. The number of amides is 1. The van der Waals surface area contributed by atoms with Crippen molar-refractivity contribution in [2.45, 2.75) is 6.18 Å². The molecular formula is C11H10F3N3O2. The van der Waals surface area contributed by atoms with Gasteiger partial charge in [-0.15, -0.1) is 0 Å². The van der Waals surface area contributed by atoms with Crippen LogP contribution in [0.4, 0.5) is 13.2 Å². The van der Waals surface area contributed by atoms with Crippen LogP contribution in [-0.2, 0) is 11.0 Å². The molecule has 0 atom stereocenters. The number of alkyl halides is 3. The molecule has 0 aliphatic heterocycles. The second-order valence-electron chi connectivity index (χ2n) is 3.73.